The van der Waals surface area contributed by atoms with Crippen LogP contribution in [0.4, 0.5) is 17.1 Å². The molecule has 4 heterocycles. The van der Waals surface area contributed by atoms with Crippen LogP contribution in [-0.2, 0) is 0 Å². The van der Waals surface area contributed by atoms with Crippen molar-refractivity contribution in [3.8, 4) is 17.1 Å². The van der Waals surface area contributed by atoms with Gasteiger partial charge in [-0.1, -0.05) is 84.9 Å². The molecule has 0 bridgehead atoms. The first kappa shape index (κ1) is 28.6. The van der Waals surface area contributed by atoms with Crippen molar-refractivity contribution in [1.82, 2.24) is 14.5 Å². The lowest BCUT2D eigenvalue weighted by Gasteiger charge is -2.25. The summed E-state index contributed by atoms with van der Waals surface area (Å²) in [5, 5.41) is 6.50. The Morgan fingerprint density at radius 3 is 1.77 bits per heavy atom. The summed E-state index contributed by atoms with van der Waals surface area (Å²) in [5.74, 6) is 0.745. The fraction of sp³-hybridized carbons (Fsp3) is 0. The van der Waals surface area contributed by atoms with Crippen molar-refractivity contribution in [2.75, 3.05) is 4.90 Å². The van der Waals surface area contributed by atoms with E-state index in [2.05, 4.69) is 119 Å². The average molecular weight is 669 g/mol. The van der Waals surface area contributed by atoms with Gasteiger partial charge in [-0.15, -0.1) is 0 Å². The summed E-state index contributed by atoms with van der Waals surface area (Å²) in [6.07, 6.45) is 3.72. The van der Waals surface area contributed by atoms with Crippen LogP contribution in [0, 0.1) is 0 Å². The largest absolute Gasteiger partial charge is 0.456 e. The Labute approximate surface area is 297 Å². The third-order valence-corrected chi connectivity index (χ3v) is 10.1. The van der Waals surface area contributed by atoms with Gasteiger partial charge >= 0.3 is 0 Å². The lowest BCUT2D eigenvalue weighted by Crippen LogP contribution is -2.09. The fourth-order valence-corrected chi connectivity index (χ4v) is 7.68. The molecule has 4 aromatic heterocycles. The molecule has 0 aliphatic heterocycles. The number of aromatic nitrogens is 3. The molecule has 0 atom stereocenters. The van der Waals surface area contributed by atoms with Gasteiger partial charge in [-0.3, -0.25) is 9.55 Å². The van der Waals surface area contributed by atoms with Crippen LogP contribution in [0.2, 0.25) is 0 Å². The Kier molecular flexibility index (Phi) is 6.15. The second-order valence-corrected chi connectivity index (χ2v) is 13.1. The standard InChI is InChI=1S/C46H28N4O2/c1-3-11-29(12-4-1)39-27-48-46(28-47-39)50-40-22-20-31(23-36(40)37-26-45-38(25-41(37)50)34-16-8-10-18-43(34)52-45)49(30-13-5-2-6-14-30)32-19-21-35-33-15-7-9-17-42(33)51-44(35)24-32/h1-28H. The van der Waals surface area contributed by atoms with Crippen LogP contribution in [0.5, 0.6) is 0 Å². The highest BCUT2D eigenvalue weighted by Crippen LogP contribution is 2.43. The first-order chi connectivity index (χ1) is 25.8. The topological polar surface area (TPSA) is 60.2 Å². The van der Waals surface area contributed by atoms with Gasteiger partial charge in [0.25, 0.3) is 0 Å². The normalized spacial score (nSPS) is 11.8. The van der Waals surface area contributed by atoms with Crippen LogP contribution in [0.1, 0.15) is 0 Å². The molecule has 0 N–H and O–H groups in total. The fourth-order valence-electron chi connectivity index (χ4n) is 7.68. The summed E-state index contributed by atoms with van der Waals surface area (Å²) in [4.78, 5) is 12.1. The van der Waals surface area contributed by atoms with Crippen LogP contribution in [0.3, 0.4) is 0 Å². The summed E-state index contributed by atoms with van der Waals surface area (Å²) in [5.41, 5.74) is 10.4. The zero-order chi connectivity index (χ0) is 34.2. The molecule has 0 fully saturated rings. The first-order valence-electron chi connectivity index (χ1n) is 17.3. The Balaban J connectivity index is 1.15. The van der Waals surface area contributed by atoms with Crippen LogP contribution < -0.4 is 4.90 Å². The number of nitrogens with zero attached hydrogens (tertiary/aromatic N) is 4. The molecule has 0 saturated heterocycles. The Bertz CT molecular complexity index is 3120. The summed E-state index contributed by atoms with van der Waals surface area (Å²) < 4.78 is 15.0. The molecule has 52 heavy (non-hydrogen) atoms. The van der Waals surface area contributed by atoms with Crippen LogP contribution in [0.25, 0.3) is 82.8 Å². The maximum atomic E-state index is 6.41. The molecular weight excluding hydrogens is 641 g/mol. The second kappa shape index (κ2) is 11.2. The van der Waals surface area contributed by atoms with Gasteiger partial charge in [0.05, 0.1) is 29.1 Å². The molecule has 0 radical (unpaired) electrons. The van der Waals surface area contributed by atoms with Crippen molar-refractivity contribution in [1.29, 1.82) is 0 Å². The highest BCUT2D eigenvalue weighted by Gasteiger charge is 2.21. The zero-order valence-electron chi connectivity index (χ0n) is 27.8. The van der Waals surface area contributed by atoms with Gasteiger partial charge in [-0.25, -0.2) is 4.98 Å². The molecule has 11 rings (SSSR count). The summed E-state index contributed by atoms with van der Waals surface area (Å²) >= 11 is 0. The van der Waals surface area contributed by atoms with E-state index in [9.17, 15) is 0 Å². The van der Waals surface area contributed by atoms with E-state index in [0.29, 0.717) is 0 Å². The molecule has 244 valence electrons. The van der Waals surface area contributed by atoms with E-state index in [0.717, 1.165) is 99.8 Å². The molecule has 7 aromatic carbocycles. The van der Waals surface area contributed by atoms with Gasteiger partial charge in [0.2, 0.25) is 0 Å². The van der Waals surface area contributed by atoms with Crippen LogP contribution >= 0.6 is 0 Å². The summed E-state index contributed by atoms with van der Waals surface area (Å²) in [6.45, 7) is 0. The van der Waals surface area contributed by atoms with Crippen LogP contribution in [0.15, 0.2) is 179 Å². The second-order valence-electron chi connectivity index (χ2n) is 13.1. The molecular formula is C46H28N4O2. The quantitative estimate of drug-likeness (QED) is 0.183. The van der Waals surface area contributed by atoms with E-state index in [-0.39, 0.29) is 0 Å². The smallest absolute Gasteiger partial charge is 0.156 e. The van der Waals surface area contributed by atoms with E-state index >= 15 is 0 Å². The Morgan fingerprint density at radius 1 is 0.404 bits per heavy atom. The van der Waals surface area contributed by atoms with E-state index in [1.165, 1.54) is 0 Å². The minimum atomic E-state index is 0.745. The van der Waals surface area contributed by atoms with E-state index in [4.69, 9.17) is 18.8 Å². The number of hydrogen-bond acceptors (Lipinski definition) is 5. The van der Waals surface area contributed by atoms with Gasteiger partial charge in [-0.05, 0) is 66.7 Å². The maximum absolute atomic E-state index is 6.41. The van der Waals surface area contributed by atoms with Crippen molar-refractivity contribution >= 4 is 82.7 Å². The molecule has 6 heteroatoms. The minimum absolute atomic E-state index is 0.745. The third-order valence-electron chi connectivity index (χ3n) is 10.1. The van der Waals surface area contributed by atoms with Gasteiger partial charge in [0.1, 0.15) is 22.3 Å². The van der Waals surface area contributed by atoms with Gasteiger partial charge < -0.3 is 13.7 Å². The van der Waals surface area contributed by atoms with Crippen molar-refractivity contribution in [2.45, 2.75) is 0 Å². The highest BCUT2D eigenvalue weighted by atomic mass is 16.3. The number of rotatable bonds is 5. The lowest BCUT2D eigenvalue weighted by atomic mass is 10.1. The van der Waals surface area contributed by atoms with E-state index in [1.807, 2.05) is 60.9 Å². The van der Waals surface area contributed by atoms with Gasteiger partial charge in [0, 0.05) is 61.0 Å². The molecule has 0 aliphatic carbocycles. The average Bonchev–Trinajstić information content (AvgIpc) is 3.86. The minimum Gasteiger partial charge on any atom is -0.456 e. The van der Waals surface area contributed by atoms with Gasteiger partial charge in [-0.2, -0.15) is 0 Å². The Morgan fingerprint density at radius 2 is 1.02 bits per heavy atom. The monoisotopic (exact) mass is 668 g/mol. The predicted octanol–water partition coefficient (Wildman–Crippen LogP) is 12.5. The summed E-state index contributed by atoms with van der Waals surface area (Å²) in [7, 11) is 0. The number of furan rings is 2. The van der Waals surface area contributed by atoms with Crippen LogP contribution in [-0.4, -0.2) is 14.5 Å². The molecule has 0 amide bonds. The third kappa shape index (κ3) is 4.38. The highest BCUT2D eigenvalue weighted by molar-refractivity contribution is 6.17. The molecule has 0 aliphatic rings. The van der Waals surface area contributed by atoms with Crippen molar-refractivity contribution < 1.29 is 8.83 Å². The number of benzene rings is 7. The zero-order valence-corrected chi connectivity index (χ0v) is 27.8. The molecule has 0 saturated carbocycles. The van der Waals surface area contributed by atoms with E-state index < -0.39 is 0 Å². The lowest BCUT2D eigenvalue weighted by molar-refractivity contribution is 0.669. The van der Waals surface area contributed by atoms with Crippen molar-refractivity contribution in [2.24, 2.45) is 0 Å². The molecule has 11 aromatic rings. The maximum Gasteiger partial charge on any atom is 0.156 e. The van der Waals surface area contributed by atoms with Gasteiger partial charge in [0.15, 0.2) is 5.82 Å². The van der Waals surface area contributed by atoms with E-state index in [1.54, 1.807) is 0 Å². The number of para-hydroxylation sites is 3. The van der Waals surface area contributed by atoms with Crippen molar-refractivity contribution in [3.05, 3.63) is 170 Å². The first-order valence-corrected chi connectivity index (χ1v) is 17.3. The number of hydrogen-bond donors (Lipinski definition) is 0. The number of fused-ring (bicyclic) bond motifs is 9. The summed E-state index contributed by atoms with van der Waals surface area (Å²) in [6, 6.07) is 54.5. The number of anilines is 3. The Hall–Kier alpha value is -7.18. The molecule has 0 unspecified atom stereocenters. The van der Waals surface area contributed by atoms with Crippen molar-refractivity contribution in [3.63, 3.8) is 0 Å². The molecule has 0 spiro atoms. The predicted molar refractivity (Wildman–Crippen MR) is 211 cm³/mol. The molecule has 6 nitrogen and oxygen atoms in total. The SMILES string of the molecule is c1ccc(-c2cnc(-n3c4ccc(N(c5ccccc5)c5ccc6c(c5)oc5ccccc56)cc4c4cc5oc6ccccc6c5cc43)cn2)cc1.